The van der Waals surface area contributed by atoms with Gasteiger partial charge in [-0.3, -0.25) is 4.79 Å². The van der Waals surface area contributed by atoms with Crippen molar-refractivity contribution in [3.63, 3.8) is 0 Å². The number of thiophene rings is 1. The van der Waals surface area contributed by atoms with Gasteiger partial charge in [-0.25, -0.2) is 0 Å². The van der Waals surface area contributed by atoms with Gasteiger partial charge >= 0.3 is 0 Å². The number of benzene rings is 1. The molecule has 1 unspecified atom stereocenters. The average Bonchev–Trinajstić information content (AvgIpc) is 2.86. The summed E-state index contributed by atoms with van der Waals surface area (Å²) in [6.45, 7) is 0. The van der Waals surface area contributed by atoms with Gasteiger partial charge in [-0.15, -0.1) is 0 Å². The smallest absolute Gasteiger partial charge is 0.185 e. The van der Waals surface area contributed by atoms with Crippen LogP contribution in [0.5, 0.6) is 0 Å². The maximum atomic E-state index is 12.2. The van der Waals surface area contributed by atoms with Crippen molar-refractivity contribution in [3.8, 4) is 6.07 Å². The Kier molecular flexibility index (Phi) is 4.03. The number of nitriles is 1. The molecule has 2 rings (SSSR count). The molecule has 0 amide bonds. The quantitative estimate of drug-likeness (QED) is 0.780. The molecule has 0 aliphatic carbocycles. The first kappa shape index (κ1) is 13.1. The Labute approximate surface area is 118 Å². The Morgan fingerprint density at radius 1 is 1.33 bits per heavy atom. The largest absolute Gasteiger partial charge is 0.292 e. The van der Waals surface area contributed by atoms with Crippen LogP contribution in [0.25, 0.3) is 0 Å². The maximum absolute atomic E-state index is 12.2. The molecule has 0 saturated carbocycles. The predicted octanol–water partition coefficient (Wildman–Crippen LogP) is 4.54. The van der Waals surface area contributed by atoms with Crippen molar-refractivity contribution < 1.29 is 4.79 Å². The topological polar surface area (TPSA) is 40.9 Å². The van der Waals surface area contributed by atoms with Crippen LogP contribution >= 0.6 is 34.5 Å². The van der Waals surface area contributed by atoms with Gasteiger partial charge in [-0.1, -0.05) is 29.3 Å². The highest BCUT2D eigenvalue weighted by molar-refractivity contribution is 7.08. The Morgan fingerprint density at radius 3 is 2.67 bits per heavy atom. The van der Waals surface area contributed by atoms with E-state index in [1.165, 1.54) is 17.4 Å². The molecule has 0 fully saturated rings. The summed E-state index contributed by atoms with van der Waals surface area (Å²) in [5, 5.41) is 13.5. The fourth-order valence-electron chi connectivity index (χ4n) is 1.58. The zero-order valence-corrected chi connectivity index (χ0v) is 11.4. The number of Topliss-reactive ketones (excluding diaryl/α,β-unsaturated/α-hetero) is 1. The summed E-state index contributed by atoms with van der Waals surface area (Å²) in [4.78, 5) is 12.2. The third kappa shape index (κ3) is 2.56. The van der Waals surface area contributed by atoms with E-state index in [2.05, 4.69) is 0 Å². The van der Waals surface area contributed by atoms with Gasteiger partial charge in [0.05, 0.1) is 6.07 Å². The van der Waals surface area contributed by atoms with Crippen LogP contribution in [0.2, 0.25) is 10.0 Å². The average molecular weight is 296 g/mol. The lowest BCUT2D eigenvalue weighted by molar-refractivity contribution is 0.0979. The van der Waals surface area contributed by atoms with Crippen LogP contribution in [-0.2, 0) is 0 Å². The highest BCUT2D eigenvalue weighted by atomic mass is 35.5. The van der Waals surface area contributed by atoms with Gasteiger partial charge < -0.3 is 0 Å². The number of carbonyl (C=O) groups is 1. The lowest BCUT2D eigenvalue weighted by Gasteiger charge is -2.09. The van der Waals surface area contributed by atoms with Crippen LogP contribution in [0, 0.1) is 11.3 Å². The molecular weight excluding hydrogens is 289 g/mol. The van der Waals surface area contributed by atoms with Crippen LogP contribution in [0.15, 0.2) is 35.0 Å². The van der Waals surface area contributed by atoms with Crippen molar-refractivity contribution >= 4 is 40.3 Å². The molecule has 0 saturated heterocycles. The number of hydrogen-bond donors (Lipinski definition) is 0. The summed E-state index contributed by atoms with van der Waals surface area (Å²) < 4.78 is 0. The molecular formula is C13H7Cl2NOS. The third-order valence-corrected chi connectivity index (χ3v) is 3.72. The predicted molar refractivity (Wildman–Crippen MR) is 73.5 cm³/mol. The van der Waals surface area contributed by atoms with Crippen LogP contribution in [-0.4, -0.2) is 5.78 Å². The summed E-state index contributed by atoms with van der Waals surface area (Å²) >= 11 is 13.2. The van der Waals surface area contributed by atoms with E-state index in [0.717, 1.165) is 0 Å². The summed E-state index contributed by atoms with van der Waals surface area (Å²) in [7, 11) is 0. The molecule has 0 aliphatic rings. The second-order valence-electron chi connectivity index (χ2n) is 3.60. The molecule has 1 aromatic carbocycles. The van der Waals surface area contributed by atoms with E-state index in [1.807, 2.05) is 6.07 Å². The van der Waals surface area contributed by atoms with Crippen molar-refractivity contribution in [3.05, 3.63) is 56.2 Å². The molecule has 18 heavy (non-hydrogen) atoms. The molecule has 2 aromatic rings. The Bertz CT molecular complexity index is 616. The van der Waals surface area contributed by atoms with E-state index in [1.54, 1.807) is 29.0 Å². The zero-order chi connectivity index (χ0) is 13.1. The number of ketones is 1. The van der Waals surface area contributed by atoms with Crippen molar-refractivity contribution in [1.82, 2.24) is 0 Å². The summed E-state index contributed by atoms with van der Waals surface area (Å²) in [6, 6.07) is 8.45. The number of hydrogen-bond acceptors (Lipinski definition) is 3. The normalized spacial score (nSPS) is 11.8. The van der Waals surface area contributed by atoms with Gasteiger partial charge in [-0.2, -0.15) is 16.6 Å². The number of nitrogens with zero attached hydrogens (tertiary/aromatic N) is 1. The molecule has 1 aromatic heterocycles. The third-order valence-electron chi connectivity index (χ3n) is 2.47. The monoisotopic (exact) mass is 295 g/mol. The minimum Gasteiger partial charge on any atom is -0.292 e. The SMILES string of the molecule is N#CC(C(=O)c1ccsc1)c1ccc(Cl)cc1Cl. The molecule has 0 aliphatic heterocycles. The molecule has 2 nitrogen and oxygen atoms in total. The van der Waals surface area contributed by atoms with Gasteiger partial charge in [0.1, 0.15) is 5.92 Å². The second-order valence-corrected chi connectivity index (χ2v) is 5.23. The summed E-state index contributed by atoms with van der Waals surface area (Å²) in [6.07, 6.45) is 0. The molecule has 1 atom stereocenters. The molecule has 0 spiro atoms. The summed E-state index contributed by atoms with van der Waals surface area (Å²) in [5.41, 5.74) is 1.01. The standard InChI is InChI=1S/C13H7Cl2NOS/c14-9-1-2-10(12(15)5-9)11(6-16)13(17)8-3-4-18-7-8/h1-5,7,11H. The van der Waals surface area contributed by atoms with E-state index >= 15 is 0 Å². The van der Waals surface area contributed by atoms with E-state index < -0.39 is 5.92 Å². The van der Waals surface area contributed by atoms with E-state index in [0.29, 0.717) is 21.2 Å². The molecule has 0 radical (unpaired) electrons. The highest BCUT2D eigenvalue weighted by Gasteiger charge is 2.24. The molecule has 0 bridgehead atoms. The minimum atomic E-state index is -0.899. The Balaban J connectivity index is 2.41. The van der Waals surface area contributed by atoms with Gasteiger partial charge in [0.2, 0.25) is 0 Å². The van der Waals surface area contributed by atoms with Crippen LogP contribution in [0.3, 0.4) is 0 Å². The Morgan fingerprint density at radius 2 is 2.11 bits per heavy atom. The van der Waals surface area contributed by atoms with Gasteiger partial charge in [0.25, 0.3) is 0 Å². The fraction of sp³-hybridized carbons (Fsp3) is 0.0769. The van der Waals surface area contributed by atoms with Gasteiger partial charge in [0, 0.05) is 21.0 Å². The number of rotatable bonds is 3. The van der Waals surface area contributed by atoms with Crippen molar-refractivity contribution in [2.45, 2.75) is 5.92 Å². The Hall–Kier alpha value is -1.34. The van der Waals surface area contributed by atoms with E-state index in [-0.39, 0.29) is 5.78 Å². The molecule has 0 N–H and O–H groups in total. The van der Waals surface area contributed by atoms with Crippen molar-refractivity contribution in [2.75, 3.05) is 0 Å². The lowest BCUT2D eigenvalue weighted by Crippen LogP contribution is -2.10. The van der Waals surface area contributed by atoms with Gasteiger partial charge in [0.15, 0.2) is 5.78 Å². The van der Waals surface area contributed by atoms with Crippen molar-refractivity contribution in [1.29, 1.82) is 5.26 Å². The molecule has 90 valence electrons. The van der Waals surface area contributed by atoms with E-state index in [4.69, 9.17) is 23.2 Å². The molecule has 5 heteroatoms. The zero-order valence-electron chi connectivity index (χ0n) is 9.06. The first-order chi connectivity index (χ1) is 8.63. The van der Waals surface area contributed by atoms with Crippen LogP contribution < -0.4 is 0 Å². The first-order valence-corrected chi connectivity index (χ1v) is 6.74. The van der Waals surface area contributed by atoms with Crippen LogP contribution in [0.4, 0.5) is 0 Å². The maximum Gasteiger partial charge on any atom is 0.185 e. The fourth-order valence-corrected chi connectivity index (χ4v) is 2.74. The first-order valence-electron chi connectivity index (χ1n) is 5.04. The highest BCUT2D eigenvalue weighted by Crippen LogP contribution is 2.30. The molecule has 1 heterocycles. The lowest BCUT2D eigenvalue weighted by atomic mass is 9.93. The number of carbonyl (C=O) groups excluding carboxylic acids is 1. The van der Waals surface area contributed by atoms with Crippen molar-refractivity contribution in [2.24, 2.45) is 0 Å². The second kappa shape index (κ2) is 5.53. The minimum absolute atomic E-state index is 0.247. The van der Waals surface area contributed by atoms with E-state index in [9.17, 15) is 10.1 Å². The number of halogens is 2. The van der Waals surface area contributed by atoms with Crippen LogP contribution in [0.1, 0.15) is 21.8 Å². The van der Waals surface area contributed by atoms with Gasteiger partial charge in [-0.05, 0) is 29.1 Å². The summed E-state index contributed by atoms with van der Waals surface area (Å²) in [5.74, 6) is -1.15.